The van der Waals surface area contributed by atoms with E-state index in [0.29, 0.717) is 42.5 Å². The Balaban J connectivity index is 1.51. The van der Waals surface area contributed by atoms with Crippen molar-refractivity contribution in [1.29, 1.82) is 0 Å². The third-order valence-electron chi connectivity index (χ3n) is 5.17. The third-order valence-corrected chi connectivity index (χ3v) is 5.76. The van der Waals surface area contributed by atoms with Gasteiger partial charge < -0.3 is 9.80 Å². The van der Waals surface area contributed by atoms with Crippen LogP contribution in [0.15, 0.2) is 54.6 Å². The van der Waals surface area contributed by atoms with Crippen LogP contribution in [0.1, 0.15) is 24.0 Å². The first-order chi connectivity index (χ1) is 13.9. The van der Waals surface area contributed by atoms with Crippen molar-refractivity contribution in [1.82, 2.24) is 9.80 Å². The topological polar surface area (TPSA) is 40.6 Å². The summed E-state index contributed by atoms with van der Waals surface area (Å²) in [7, 11) is 1.79. The van der Waals surface area contributed by atoms with E-state index in [1.54, 1.807) is 35.1 Å². The summed E-state index contributed by atoms with van der Waals surface area (Å²) in [5.74, 6) is -0.00257. The van der Waals surface area contributed by atoms with Crippen molar-refractivity contribution in [2.24, 2.45) is 5.92 Å². The average molecular weight is 431 g/mol. The van der Waals surface area contributed by atoms with Crippen LogP contribution in [0.5, 0.6) is 0 Å². The van der Waals surface area contributed by atoms with Gasteiger partial charge in [0.2, 0.25) is 11.8 Å². The molecule has 1 aliphatic rings. The van der Waals surface area contributed by atoms with Crippen LogP contribution in [0, 0.1) is 5.92 Å². The Morgan fingerprint density at radius 1 is 1.10 bits per heavy atom. The number of piperidine rings is 1. The molecule has 2 amide bonds. The smallest absolute Gasteiger partial charge is 0.246 e. The van der Waals surface area contributed by atoms with Gasteiger partial charge in [0.25, 0.3) is 0 Å². The van der Waals surface area contributed by atoms with E-state index in [4.69, 9.17) is 23.2 Å². The highest BCUT2D eigenvalue weighted by Crippen LogP contribution is 2.24. The molecule has 1 fully saturated rings. The molecule has 6 heteroatoms. The van der Waals surface area contributed by atoms with E-state index in [0.717, 1.165) is 11.1 Å². The van der Waals surface area contributed by atoms with Gasteiger partial charge in [-0.05, 0) is 42.2 Å². The third kappa shape index (κ3) is 5.84. The maximum Gasteiger partial charge on any atom is 0.246 e. The van der Waals surface area contributed by atoms with E-state index < -0.39 is 0 Å². The summed E-state index contributed by atoms with van der Waals surface area (Å²) in [4.78, 5) is 28.7. The molecule has 0 unspecified atom stereocenters. The predicted octanol–water partition coefficient (Wildman–Crippen LogP) is 4.90. The van der Waals surface area contributed by atoms with E-state index in [1.165, 1.54) is 0 Å². The van der Waals surface area contributed by atoms with Gasteiger partial charge in [0.05, 0.1) is 0 Å². The lowest BCUT2D eigenvalue weighted by atomic mass is 9.95. The number of hydrogen-bond donors (Lipinski definition) is 0. The zero-order valence-electron chi connectivity index (χ0n) is 16.4. The summed E-state index contributed by atoms with van der Waals surface area (Å²) in [6.07, 6.45) is 4.76. The summed E-state index contributed by atoms with van der Waals surface area (Å²) < 4.78 is 0. The SMILES string of the molecule is CN(Cc1ccc(Cl)cc1Cl)C(=O)C1CCN(C(=O)C=Cc2ccccc2)CC1. The van der Waals surface area contributed by atoms with Crippen molar-refractivity contribution in [2.75, 3.05) is 20.1 Å². The highest BCUT2D eigenvalue weighted by atomic mass is 35.5. The number of carbonyl (C=O) groups is 2. The maximum absolute atomic E-state index is 12.8. The molecule has 2 aromatic rings. The van der Waals surface area contributed by atoms with Crippen LogP contribution in [0.3, 0.4) is 0 Å². The first kappa shape index (κ1) is 21.4. The largest absolute Gasteiger partial charge is 0.341 e. The lowest BCUT2D eigenvalue weighted by Gasteiger charge is -2.32. The Labute approximate surface area is 181 Å². The quantitative estimate of drug-likeness (QED) is 0.632. The van der Waals surface area contributed by atoms with Gasteiger partial charge in [0.1, 0.15) is 0 Å². The van der Waals surface area contributed by atoms with Crippen LogP contribution in [0.2, 0.25) is 10.0 Å². The van der Waals surface area contributed by atoms with Crippen LogP contribution in [-0.4, -0.2) is 41.8 Å². The monoisotopic (exact) mass is 430 g/mol. The van der Waals surface area contributed by atoms with Gasteiger partial charge in [0, 0.05) is 48.7 Å². The molecule has 3 rings (SSSR count). The zero-order valence-corrected chi connectivity index (χ0v) is 17.9. The molecule has 29 heavy (non-hydrogen) atoms. The second-order valence-electron chi connectivity index (χ2n) is 7.27. The minimum absolute atomic E-state index is 0.0129. The zero-order chi connectivity index (χ0) is 20.8. The molecule has 1 heterocycles. The molecule has 2 aromatic carbocycles. The van der Waals surface area contributed by atoms with Crippen LogP contribution >= 0.6 is 23.2 Å². The molecular formula is C23H24Cl2N2O2. The fraction of sp³-hybridized carbons (Fsp3) is 0.304. The van der Waals surface area contributed by atoms with E-state index in [2.05, 4.69) is 0 Å². The number of benzene rings is 2. The first-order valence-corrected chi connectivity index (χ1v) is 10.4. The van der Waals surface area contributed by atoms with Crippen molar-refractivity contribution in [2.45, 2.75) is 19.4 Å². The van der Waals surface area contributed by atoms with Crippen LogP contribution < -0.4 is 0 Å². The second-order valence-corrected chi connectivity index (χ2v) is 8.12. The second kappa shape index (κ2) is 9.95. The molecule has 152 valence electrons. The van der Waals surface area contributed by atoms with E-state index in [1.807, 2.05) is 42.5 Å². The van der Waals surface area contributed by atoms with E-state index in [-0.39, 0.29) is 17.7 Å². The van der Waals surface area contributed by atoms with Crippen molar-refractivity contribution in [3.05, 3.63) is 75.8 Å². The first-order valence-electron chi connectivity index (χ1n) is 9.65. The van der Waals surface area contributed by atoms with Crippen molar-refractivity contribution in [3.8, 4) is 0 Å². The molecule has 0 aromatic heterocycles. The molecule has 0 N–H and O–H groups in total. The van der Waals surface area contributed by atoms with Crippen LogP contribution in [0.25, 0.3) is 6.08 Å². The summed E-state index contributed by atoms with van der Waals surface area (Å²) in [6, 6.07) is 15.0. The van der Waals surface area contributed by atoms with Crippen molar-refractivity contribution >= 4 is 41.1 Å². The predicted molar refractivity (Wildman–Crippen MR) is 118 cm³/mol. The van der Waals surface area contributed by atoms with Gasteiger partial charge in [-0.25, -0.2) is 0 Å². The Morgan fingerprint density at radius 2 is 1.79 bits per heavy atom. The highest BCUT2D eigenvalue weighted by Gasteiger charge is 2.28. The Bertz CT molecular complexity index is 891. The van der Waals surface area contributed by atoms with E-state index in [9.17, 15) is 9.59 Å². The van der Waals surface area contributed by atoms with E-state index >= 15 is 0 Å². The molecule has 4 nitrogen and oxygen atoms in total. The number of amides is 2. The number of hydrogen-bond acceptors (Lipinski definition) is 2. The number of carbonyl (C=O) groups excluding carboxylic acids is 2. The number of rotatable bonds is 5. The van der Waals surface area contributed by atoms with Gasteiger partial charge in [-0.1, -0.05) is 59.6 Å². The summed E-state index contributed by atoms with van der Waals surface area (Å²) in [5, 5.41) is 1.13. The Kier molecular flexibility index (Phi) is 7.34. The lowest BCUT2D eigenvalue weighted by molar-refractivity contribution is -0.138. The van der Waals surface area contributed by atoms with Gasteiger partial charge in [-0.15, -0.1) is 0 Å². The highest BCUT2D eigenvalue weighted by molar-refractivity contribution is 6.35. The van der Waals surface area contributed by atoms with Crippen molar-refractivity contribution < 1.29 is 9.59 Å². The number of likely N-dealkylation sites (tertiary alicyclic amines) is 1. The van der Waals surface area contributed by atoms with Gasteiger partial charge >= 0.3 is 0 Å². The average Bonchev–Trinajstić information content (AvgIpc) is 2.74. The van der Waals surface area contributed by atoms with Crippen LogP contribution in [0.4, 0.5) is 0 Å². The summed E-state index contributed by atoms with van der Waals surface area (Å²) in [5.41, 5.74) is 1.86. The van der Waals surface area contributed by atoms with Gasteiger partial charge in [0.15, 0.2) is 0 Å². The van der Waals surface area contributed by atoms with Crippen molar-refractivity contribution in [3.63, 3.8) is 0 Å². The molecule has 0 aliphatic carbocycles. The fourth-order valence-electron chi connectivity index (χ4n) is 3.48. The van der Waals surface area contributed by atoms with Crippen LogP contribution in [-0.2, 0) is 16.1 Å². The molecule has 1 aliphatic heterocycles. The summed E-state index contributed by atoms with van der Waals surface area (Å²) >= 11 is 12.2. The molecule has 0 saturated carbocycles. The van der Waals surface area contributed by atoms with Gasteiger partial charge in [-0.2, -0.15) is 0 Å². The standard InChI is InChI=1S/C23H24Cl2N2O2/c1-26(16-19-8-9-20(24)15-21(19)25)23(29)18-11-13-27(14-12-18)22(28)10-7-17-5-3-2-4-6-17/h2-10,15,18H,11-14,16H2,1H3. The number of halogens is 2. The minimum Gasteiger partial charge on any atom is -0.341 e. The normalized spacial score (nSPS) is 14.9. The maximum atomic E-state index is 12.8. The molecule has 1 saturated heterocycles. The molecule has 0 bridgehead atoms. The molecule has 0 spiro atoms. The molecular weight excluding hydrogens is 407 g/mol. The lowest BCUT2D eigenvalue weighted by Crippen LogP contribution is -2.42. The van der Waals surface area contributed by atoms with Gasteiger partial charge in [-0.3, -0.25) is 9.59 Å². The molecule has 0 atom stereocenters. The number of nitrogens with zero attached hydrogens (tertiary/aromatic N) is 2. The fourth-order valence-corrected chi connectivity index (χ4v) is 3.95. The Hall–Kier alpha value is -2.30. The minimum atomic E-state index is -0.0757. The molecule has 0 radical (unpaired) electrons. The summed E-state index contributed by atoms with van der Waals surface area (Å²) in [6.45, 7) is 1.61. The Morgan fingerprint density at radius 3 is 2.45 bits per heavy atom.